The molecule has 0 unspecified atom stereocenters. The third-order valence-corrected chi connectivity index (χ3v) is 3.79. The van der Waals surface area contributed by atoms with E-state index in [0.717, 1.165) is 5.56 Å². The standard InChI is InChI=1S/C14H15NO.C4H8O2/c1-11-3-2-4-12(9-11)14(10-15)7-5-13(16)6-8-14;1-3-6-4(2)5/h2-4,9H,5-8H2,1H3;3H2,1-2H3. The first-order valence-electron chi connectivity index (χ1n) is 7.57. The summed E-state index contributed by atoms with van der Waals surface area (Å²) in [7, 11) is 0. The highest BCUT2D eigenvalue weighted by atomic mass is 16.5. The van der Waals surface area contributed by atoms with Crippen molar-refractivity contribution in [3.8, 4) is 6.07 Å². The Bertz CT molecular complexity index is 562. The maximum atomic E-state index is 11.3. The van der Waals surface area contributed by atoms with Gasteiger partial charge in [0, 0.05) is 19.8 Å². The van der Waals surface area contributed by atoms with Crippen LogP contribution in [0.5, 0.6) is 0 Å². The molecule has 2 rings (SSSR count). The fourth-order valence-corrected chi connectivity index (χ4v) is 2.57. The third kappa shape index (κ3) is 5.00. The number of carbonyl (C=O) groups is 2. The molecule has 0 atom stereocenters. The molecule has 22 heavy (non-hydrogen) atoms. The van der Waals surface area contributed by atoms with Crippen LogP contribution in [-0.2, 0) is 19.7 Å². The minimum Gasteiger partial charge on any atom is -0.466 e. The molecule has 0 radical (unpaired) electrons. The molecule has 0 aliphatic heterocycles. The Labute approximate surface area is 132 Å². The van der Waals surface area contributed by atoms with Crippen LogP contribution in [0.2, 0.25) is 0 Å². The number of carbonyl (C=O) groups excluding carboxylic acids is 2. The smallest absolute Gasteiger partial charge is 0.302 e. The van der Waals surface area contributed by atoms with Crippen LogP contribution in [-0.4, -0.2) is 18.4 Å². The van der Waals surface area contributed by atoms with Crippen molar-refractivity contribution >= 4 is 11.8 Å². The number of aryl methyl sites for hydroxylation is 1. The van der Waals surface area contributed by atoms with Gasteiger partial charge in [-0.1, -0.05) is 29.8 Å². The molecule has 0 heterocycles. The lowest BCUT2D eigenvalue weighted by Gasteiger charge is -2.30. The van der Waals surface area contributed by atoms with Crippen molar-refractivity contribution in [2.24, 2.45) is 0 Å². The van der Waals surface area contributed by atoms with E-state index in [0.29, 0.717) is 38.1 Å². The Balaban J connectivity index is 0.000000346. The molecule has 0 N–H and O–H groups in total. The second kappa shape index (κ2) is 8.33. The molecule has 4 heteroatoms. The van der Waals surface area contributed by atoms with Crippen LogP contribution in [0.1, 0.15) is 50.7 Å². The molecule has 4 nitrogen and oxygen atoms in total. The minimum atomic E-state index is -0.431. The van der Waals surface area contributed by atoms with Gasteiger partial charge in [-0.25, -0.2) is 0 Å². The Morgan fingerprint density at radius 2 is 2.00 bits per heavy atom. The zero-order valence-electron chi connectivity index (χ0n) is 13.5. The summed E-state index contributed by atoms with van der Waals surface area (Å²) in [5, 5.41) is 9.41. The topological polar surface area (TPSA) is 67.2 Å². The summed E-state index contributed by atoms with van der Waals surface area (Å²) in [6.45, 7) is 5.68. The SMILES string of the molecule is CCOC(C)=O.Cc1cccc(C2(C#N)CCC(=O)CC2)c1. The molecular weight excluding hydrogens is 278 g/mol. The molecule has 1 fully saturated rings. The molecule has 0 saturated heterocycles. The number of ether oxygens (including phenoxy) is 1. The van der Waals surface area contributed by atoms with Gasteiger partial charge in [-0.05, 0) is 32.3 Å². The number of hydrogen-bond donors (Lipinski definition) is 0. The number of hydrogen-bond acceptors (Lipinski definition) is 4. The predicted molar refractivity (Wildman–Crippen MR) is 84.3 cm³/mol. The number of ketones is 1. The molecule has 118 valence electrons. The van der Waals surface area contributed by atoms with Crippen molar-refractivity contribution in [1.29, 1.82) is 5.26 Å². The average molecular weight is 301 g/mol. The summed E-state index contributed by atoms with van der Waals surface area (Å²) in [5.41, 5.74) is 1.81. The van der Waals surface area contributed by atoms with Crippen molar-refractivity contribution in [2.45, 2.75) is 51.9 Å². The van der Waals surface area contributed by atoms with Crippen molar-refractivity contribution in [3.63, 3.8) is 0 Å². The Kier molecular flexibility index (Phi) is 6.78. The fraction of sp³-hybridized carbons (Fsp3) is 0.500. The molecule has 0 aromatic heterocycles. The Morgan fingerprint density at radius 1 is 1.36 bits per heavy atom. The van der Waals surface area contributed by atoms with E-state index in [2.05, 4.69) is 16.9 Å². The van der Waals surface area contributed by atoms with Gasteiger partial charge in [0.2, 0.25) is 0 Å². The summed E-state index contributed by atoms with van der Waals surface area (Å²) in [4.78, 5) is 21.1. The zero-order valence-corrected chi connectivity index (χ0v) is 13.5. The molecular formula is C18H23NO3. The summed E-state index contributed by atoms with van der Waals surface area (Å²) < 4.78 is 4.40. The van der Waals surface area contributed by atoms with Gasteiger partial charge >= 0.3 is 5.97 Å². The van der Waals surface area contributed by atoms with Crippen molar-refractivity contribution in [2.75, 3.05) is 6.61 Å². The van der Waals surface area contributed by atoms with E-state index >= 15 is 0 Å². The van der Waals surface area contributed by atoms with Gasteiger partial charge < -0.3 is 4.74 Å². The zero-order chi connectivity index (χ0) is 16.6. The first kappa shape index (κ1) is 17.9. The third-order valence-electron chi connectivity index (χ3n) is 3.79. The quantitative estimate of drug-likeness (QED) is 0.784. The monoisotopic (exact) mass is 301 g/mol. The lowest BCUT2D eigenvalue weighted by Crippen LogP contribution is -2.30. The molecule has 0 amide bonds. The van der Waals surface area contributed by atoms with Crippen LogP contribution < -0.4 is 0 Å². The van der Waals surface area contributed by atoms with Crippen molar-refractivity contribution in [3.05, 3.63) is 35.4 Å². The van der Waals surface area contributed by atoms with Gasteiger partial charge in [-0.3, -0.25) is 9.59 Å². The second-order valence-corrected chi connectivity index (χ2v) is 5.53. The van der Waals surface area contributed by atoms with Gasteiger partial charge in [-0.15, -0.1) is 0 Å². The summed E-state index contributed by atoms with van der Waals surface area (Å²) in [5.74, 6) is 0.0797. The number of Topliss-reactive ketones (excluding diaryl/α,β-unsaturated/α-hetero) is 1. The fourth-order valence-electron chi connectivity index (χ4n) is 2.57. The van der Waals surface area contributed by atoms with Crippen molar-refractivity contribution < 1.29 is 14.3 Å². The number of nitriles is 1. The maximum Gasteiger partial charge on any atom is 0.302 e. The molecule has 1 aliphatic carbocycles. The first-order chi connectivity index (χ1) is 10.4. The van der Waals surface area contributed by atoms with Crippen LogP contribution in [0, 0.1) is 18.3 Å². The number of nitrogens with zero attached hydrogens (tertiary/aromatic N) is 1. The van der Waals surface area contributed by atoms with Gasteiger partial charge in [0.1, 0.15) is 5.78 Å². The lowest BCUT2D eigenvalue weighted by atomic mass is 9.70. The highest BCUT2D eigenvalue weighted by molar-refractivity contribution is 5.80. The highest BCUT2D eigenvalue weighted by Crippen LogP contribution is 2.37. The highest BCUT2D eigenvalue weighted by Gasteiger charge is 2.36. The van der Waals surface area contributed by atoms with Crippen molar-refractivity contribution in [1.82, 2.24) is 0 Å². The Hall–Kier alpha value is -2.15. The Morgan fingerprint density at radius 3 is 2.41 bits per heavy atom. The van der Waals surface area contributed by atoms with Crippen LogP contribution >= 0.6 is 0 Å². The van der Waals surface area contributed by atoms with E-state index in [1.54, 1.807) is 6.92 Å². The summed E-state index contributed by atoms with van der Waals surface area (Å²) >= 11 is 0. The number of rotatable bonds is 2. The van der Waals surface area contributed by atoms with Gasteiger partial charge in [0.25, 0.3) is 0 Å². The van der Waals surface area contributed by atoms with Gasteiger partial charge in [0.05, 0.1) is 18.1 Å². The van der Waals surface area contributed by atoms with Crippen LogP contribution in [0.4, 0.5) is 0 Å². The first-order valence-corrected chi connectivity index (χ1v) is 7.57. The molecule has 0 spiro atoms. The number of esters is 1. The van der Waals surface area contributed by atoms with Gasteiger partial charge in [-0.2, -0.15) is 5.26 Å². The van der Waals surface area contributed by atoms with E-state index in [1.807, 2.05) is 25.1 Å². The number of benzene rings is 1. The average Bonchev–Trinajstić information content (AvgIpc) is 2.49. The van der Waals surface area contributed by atoms with Gasteiger partial charge in [0.15, 0.2) is 0 Å². The van der Waals surface area contributed by atoms with E-state index in [-0.39, 0.29) is 5.97 Å². The van der Waals surface area contributed by atoms with Crippen LogP contribution in [0.15, 0.2) is 24.3 Å². The van der Waals surface area contributed by atoms with E-state index in [1.165, 1.54) is 12.5 Å². The van der Waals surface area contributed by atoms with Crippen LogP contribution in [0.3, 0.4) is 0 Å². The summed E-state index contributed by atoms with van der Waals surface area (Å²) in [6.07, 6.45) is 2.43. The molecule has 0 bridgehead atoms. The minimum absolute atomic E-state index is 0.211. The van der Waals surface area contributed by atoms with Crippen LogP contribution in [0.25, 0.3) is 0 Å². The van der Waals surface area contributed by atoms with E-state index < -0.39 is 5.41 Å². The normalized spacial score (nSPS) is 16.0. The second-order valence-electron chi connectivity index (χ2n) is 5.53. The lowest BCUT2D eigenvalue weighted by molar-refractivity contribution is -0.140. The molecule has 1 aliphatic rings. The molecule has 1 aromatic carbocycles. The largest absolute Gasteiger partial charge is 0.466 e. The molecule has 1 aromatic rings. The summed E-state index contributed by atoms with van der Waals surface area (Å²) in [6, 6.07) is 10.5. The van der Waals surface area contributed by atoms with E-state index in [4.69, 9.17) is 0 Å². The predicted octanol–water partition coefficient (Wildman–Crippen LogP) is 3.47. The van der Waals surface area contributed by atoms with E-state index in [9.17, 15) is 14.9 Å². The molecule has 1 saturated carbocycles. The maximum absolute atomic E-state index is 11.3.